The molecule has 0 saturated heterocycles. The van der Waals surface area contributed by atoms with Crippen molar-refractivity contribution >= 4 is 11.5 Å². The first kappa shape index (κ1) is 14.0. The molecule has 0 aromatic heterocycles. The van der Waals surface area contributed by atoms with Crippen molar-refractivity contribution in [2.45, 2.75) is 12.2 Å². The van der Waals surface area contributed by atoms with Crippen LogP contribution in [-0.4, -0.2) is 32.0 Å². The van der Waals surface area contributed by atoms with E-state index in [2.05, 4.69) is 0 Å². The van der Waals surface area contributed by atoms with Crippen molar-refractivity contribution in [3.05, 3.63) is 59.7 Å². The Bertz CT molecular complexity index is 623. The molecule has 20 heavy (non-hydrogen) atoms. The minimum atomic E-state index is -2.11. The summed E-state index contributed by atoms with van der Waals surface area (Å²) in [4.78, 5) is 11.6. The summed E-state index contributed by atoms with van der Waals surface area (Å²) in [5.41, 5.74) is 0.487. The second kappa shape index (κ2) is 5.32. The van der Waals surface area contributed by atoms with Crippen LogP contribution in [0.5, 0.6) is 5.75 Å². The van der Waals surface area contributed by atoms with Gasteiger partial charge in [-0.3, -0.25) is 4.79 Å². The quantitative estimate of drug-likeness (QED) is 0.371. The van der Waals surface area contributed by atoms with Crippen LogP contribution in [0, 0.1) is 0 Å². The van der Waals surface area contributed by atoms with Gasteiger partial charge >= 0.3 is 0 Å². The lowest BCUT2D eigenvalue weighted by atomic mass is 9.95. The Kier molecular flexibility index (Phi) is 3.74. The smallest absolute Gasteiger partial charge is 0.190 e. The largest absolute Gasteiger partial charge is 0.507 e. The van der Waals surface area contributed by atoms with Crippen LogP contribution in [-0.2, 0) is 4.79 Å². The van der Waals surface area contributed by atoms with Gasteiger partial charge in [0.05, 0.1) is 12.0 Å². The minimum absolute atomic E-state index is 0.0742. The van der Waals surface area contributed by atoms with Crippen molar-refractivity contribution in [1.82, 2.24) is 0 Å². The normalized spacial score (nSPS) is 20.4. The van der Waals surface area contributed by atoms with Gasteiger partial charge in [0.25, 0.3) is 0 Å². The molecular weight excluding hydrogens is 260 g/mol. The average molecular weight is 274 g/mol. The zero-order valence-electron chi connectivity index (χ0n) is 10.5. The molecule has 0 amide bonds. The summed E-state index contributed by atoms with van der Waals surface area (Å²) >= 11 is 0. The maximum absolute atomic E-state index is 11.6. The molecule has 0 fully saturated rings. The number of hydrogen-bond donors (Lipinski definition) is 4. The first-order valence-electron chi connectivity index (χ1n) is 5.95. The molecule has 0 heterocycles. The summed E-state index contributed by atoms with van der Waals surface area (Å²) in [5, 5.41) is 38.0. The first-order valence-corrected chi connectivity index (χ1v) is 5.95. The van der Waals surface area contributed by atoms with E-state index >= 15 is 0 Å². The fourth-order valence-corrected chi connectivity index (χ4v) is 1.81. The molecule has 0 bridgehead atoms. The van der Waals surface area contributed by atoms with Gasteiger partial charge in [-0.05, 0) is 30.4 Å². The highest BCUT2D eigenvalue weighted by molar-refractivity contribution is 6.00. The molecule has 1 aliphatic rings. The molecule has 0 aliphatic heterocycles. The molecule has 0 unspecified atom stereocenters. The van der Waals surface area contributed by atoms with Gasteiger partial charge in [0, 0.05) is 5.57 Å². The summed E-state index contributed by atoms with van der Waals surface area (Å²) in [5.74, 6) is -2.83. The van der Waals surface area contributed by atoms with E-state index in [0.29, 0.717) is 0 Å². The number of benzene rings is 1. The number of aromatic hydroxyl groups is 1. The van der Waals surface area contributed by atoms with Crippen molar-refractivity contribution in [2.75, 3.05) is 0 Å². The standard InChI is InChI=1S/C15H14O5/c16-12-4-2-1-3-11(12)13(17)6-5-10-7-8-15(19,20)9-14(10)18/h1-8,16-17,19-20H,9H2/b10-5+,13-6-. The molecule has 0 saturated carbocycles. The maximum Gasteiger partial charge on any atom is 0.190 e. The van der Waals surface area contributed by atoms with E-state index in [1.807, 2.05) is 0 Å². The molecule has 104 valence electrons. The number of carbonyl (C=O) groups is 1. The van der Waals surface area contributed by atoms with E-state index in [9.17, 15) is 25.2 Å². The molecule has 0 radical (unpaired) electrons. The number of phenolic OH excluding ortho intramolecular Hbond substituents is 1. The van der Waals surface area contributed by atoms with Crippen molar-refractivity contribution in [3.8, 4) is 5.75 Å². The summed E-state index contributed by atoms with van der Waals surface area (Å²) < 4.78 is 0. The highest BCUT2D eigenvalue weighted by atomic mass is 16.5. The molecule has 1 aromatic carbocycles. The van der Waals surface area contributed by atoms with Crippen LogP contribution in [0.3, 0.4) is 0 Å². The monoisotopic (exact) mass is 274 g/mol. The van der Waals surface area contributed by atoms with E-state index in [1.165, 1.54) is 30.4 Å². The minimum Gasteiger partial charge on any atom is -0.507 e. The van der Waals surface area contributed by atoms with Crippen molar-refractivity contribution in [3.63, 3.8) is 0 Å². The Hall–Kier alpha value is -2.37. The molecule has 5 nitrogen and oxygen atoms in total. The molecule has 2 rings (SSSR count). The maximum atomic E-state index is 11.6. The predicted octanol–water partition coefficient (Wildman–Crippen LogP) is 1.43. The number of para-hydroxylation sites is 1. The topological polar surface area (TPSA) is 98.0 Å². The first-order chi connectivity index (χ1) is 9.39. The third-order valence-electron chi connectivity index (χ3n) is 2.87. The van der Waals surface area contributed by atoms with Gasteiger partial charge in [-0.2, -0.15) is 0 Å². The Morgan fingerprint density at radius 3 is 2.60 bits per heavy atom. The molecule has 0 spiro atoms. The number of ketones is 1. The van der Waals surface area contributed by atoms with Gasteiger partial charge in [-0.15, -0.1) is 0 Å². The zero-order chi connectivity index (χ0) is 14.8. The SMILES string of the molecule is O=C1CC(O)(O)C=C/C1=C\C=C(/O)c1ccccc1O. The van der Waals surface area contributed by atoms with E-state index in [1.54, 1.807) is 12.1 Å². The van der Waals surface area contributed by atoms with Crippen molar-refractivity contribution in [2.24, 2.45) is 0 Å². The Morgan fingerprint density at radius 2 is 1.95 bits per heavy atom. The number of carbonyl (C=O) groups excluding carboxylic acids is 1. The van der Waals surface area contributed by atoms with Crippen LogP contribution < -0.4 is 0 Å². The zero-order valence-corrected chi connectivity index (χ0v) is 10.5. The van der Waals surface area contributed by atoms with Crippen LogP contribution in [0.25, 0.3) is 5.76 Å². The number of aliphatic hydroxyl groups excluding tert-OH is 1. The Balaban J connectivity index is 2.27. The van der Waals surface area contributed by atoms with Gasteiger partial charge in [0.1, 0.15) is 11.5 Å². The number of Topliss-reactive ketones (excluding diaryl/α,β-unsaturated/α-hetero) is 1. The van der Waals surface area contributed by atoms with Gasteiger partial charge in [-0.1, -0.05) is 18.2 Å². The second-order valence-electron chi connectivity index (χ2n) is 4.50. The lowest BCUT2D eigenvalue weighted by Crippen LogP contribution is -2.32. The third kappa shape index (κ3) is 3.14. The summed E-state index contributed by atoms with van der Waals surface area (Å²) in [7, 11) is 0. The fourth-order valence-electron chi connectivity index (χ4n) is 1.81. The van der Waals surface area contributed by atoms with E-state index in [-0.39, 0.29) is 22.6 Å². The van der Waals surface area contributed by atoms with Crippen molar-refractivity contribution < 1.29 is 25.2 Å². The number of phenols is 1. The van der Waals surface area contributed by atoms with E-state index in [0.717, 1.165) is 6.08 Å². The molecule has 1 aliphatic carbocycles. The molecular formula is C15H14O5. The molecule has 0 atom stereocenters. The van der Waals surface area contributed by atoms with Gasteiger partial charge < -0.3 is 20.4 Å². The summed E-state index contributed by atoms with van der Waals surface area (Å²) in [6, 6.07) is 6.25. The average Bonchev–Trinajstić information content (AvgIpc) is 2.37. The highest BCUT2D eigenvalue weighted by Gasteiger charge is 2.28. The Labute approximate surface area is 115 Å². The van der Waals surface area contributed by atoms with Crippen LogP contribution >= 0.6 is 0 Å². The highest BCUT2D eigenvalue weighted by Crippen LogP contribution is 2.24. The number of rotatable bonds is 2. The van der Waals surface area contributed by atoms with Crippen LogP contribution in [0.4, 0.5) is 0 Å². The van der Waals surface area contributed by atoms with Gasteiger partial charge in [-0.25, -0.2) is 0 Å². The number of aliphatic hydroxyl groups is 3. The summed E-state index contributed by atoms with van der Waals surface area (Å²) in [6.07, 6.45) is 4.58. The van der Waals surface area contributed by atoms with Gasteiger partial charge in [0.2, 0.25) is 0 Å². The number of hydrogen-bond acceptors (Lipinski definition) is 5. The predicted molar refractivity (Wildman–Crippen MR) is 72.7 cm³/mol. The van der Waals surface area contributed by atoms with Crippen LogP contribution in [0.2, 0.25) is 0 Å². The van der Waals surface area contributed by atoms with Crippen molar-refractivity contribution in [1.29, 1.82) is 0 Å². The number of allylic oxidation sites excluding steroid dienone is 4. The lowest BCUT2D eigenvalue weighted by molar-refractivity contribution is -0.144. The van der Waals surface area contributed by atoms with E-state index < -0.39 is 18.0 Å². The Morgan fingerprint density at radius 1 is 1.25 bits per heavy atom. The lowest BCUT2D eigenvalue weighted by Gasteiger charge is -2.20. The second-order valence-corrected chi connectivity index (χ2v) is 4.50. The summed E-state index contributed by atoms with van der Waals surface area (Å²) in [6.45, 7) is 0. The van der Waals surface area contributed by atoms with Crippen LogP contribution in [0.1, 0.15) is 12.0 Å². The molecule has 4 N–H and O–H groups in total. The fraction of sp³-hybridized carbons (Fsp3) is 0.133. The van der Waals surface area contributed by atoms with E-state index in [4.69, 9.17) is 0 Å². The van der Waals surface area contributed by atoms with Gasteiger partial charge in [0.15, 0.2) is 11.6 Å². The van der Waals surface area contributed by atoms with Crippen LogP contribution in [0.15, 0.2) is 54.1 Å². The molecule has 1 aromatic rings. The third-order valence-corrected chi connectivity index (χ3v) is 2.87. The molecule has 5 heteroatoms.